The molecule has 5 nitrogen and oxygen atoms in total. The van der Waals surface area contributed by atoms with Crippen molar-refractivity contribution in [2.45, 2.75) is 31.1 Å². The van der Waals surface area contributed by atoms with E-state index in [1.807, 2.05) is 0 Å². The van der Waals surface area contributed by atoms with Crippen molar-refractivity contribution >= 4 is 38.9 Å². The average Bonchev–Trinajstić information content (AvgIpc) is 2.58. The molecule has 0 aliphatic carbocycles. The Morgan fingerprint density at radius 3 is 2.48 bits per heavy atom. The van der Waals surface area contributed by atoms with Gasteiger partial charge in [-0.1, -0.05) is 17.7 Å². The second-order valence-electron chi connectivity index (χ2n) is 6.06. The fourth-order valence-electron chi connectivity index (χ4n) is 2.86. The fraction of sp³-hybridized carbons (Fsp3) is 0.278. The van der Waals surface area contributed by atoms with Gasteiger partial charge in [0.2, 0.25) is 5.91 Å². The van der Waals surface area contributed by atoms with Crippen molar-refractivity contribution in [2.75, 3.05) is 16.2 Å². The fourth-order valence-corrected chi connectivity index (χ4v) is 4.43. The Morgan fingerprint density at radius 2 is 1.80 bits per heavy atom. The number of hydrogen-bond donors (Lipinski definition) is 1. The van der Waals surface area contributed by atoms with Crippen molar-refractivity contribution in [3.8, 4) is 0 Å². The molecule has 1 aliphatic heterocycles. The summed E-state index contributed by atoms with van der Waals surface area (Å²) in [6.45, 7) is 2.42. The number of halogens is 1. The minimum absolute atomic E-state index is 0.106. The van der Waals surface area contributed by atoms with Gasteiger partial charge in [0.1, 0.15) is 0 Å². The van der Waals surface area contributed by atoms with Crippen LogP contribution in [0.2, 0.25) is 5.02 Å². The molecule has 0 saturated carbocycles. The first-order chi connectivity index (χ1) is 11.9. The molecule has 2 aromatic rings. The Labute approximate surface area is 152 Å². The molecule has 25 heavy (non-hydrogen) atoms. The summed E-state index contributed by atoms with van der Waals surface area (Å²) in [5, 5.41) is 0.366. The molecule has 0 unspecified atom stereocenters. The van der Waals surface area contributed by atoms with Crippen LogP contribution in [0, 0.1) is 6.92 Å². The summed E-state index contributed by atoms with van der Waals surface area (Å²) >= 11 is 5.92. The van der Waals surface area contributed by atoms with E-state index in [1.54, 1.807) is 48.2 Å². The number of amides is 1. The van der Waals surface area contributed by atoms with Gasteiger partial charge in [-0.05, 0) is 61.7 Å². The smallest absolute Gasteiger partial charge is 0.262 e. The number of hydrogen-bond acceptors (Lipinski definition) is 3. The normalized spacial score (nSPS) is 15.3. The zero-order valence-electron chi connectivity index (χ0n) is 13.8. The standard InChI is InChI=1S/C18H19ClN2O3S/c1-13-5-6-14(19)12-17(13)25(23,24)20-15-7-9-16(10-8-15)21-11-3-2-4-18(21)22/h5-10,12,20H,2-4,11H2,1H3. The van der Waals surface area contributed by atoms with E-state index < -0.39 is 10.0 Å². The molecule has 1 heterocycles. The van der Waals surface area contributed by atoms with Gasteiger partial charge in [-0.3, -0.25) is 9.52 Å². The number of piperidine rings is 1. The van der Waals surface area contributed by atoms with Gasteiger partial charge in [0.15, 0.2) is 0 Å². The molecule has 3 rings (SSSR count). The lowest BCUT2D eigenvalue weighted by molar-refractivity contribution is -0.119. The van der Waals surface area contributed by atoms with E-state index in [0.29, 0.717) is 29.2 Å². The Hall–Kier alpha value is -2.05. The average molecular weight is 379 g/mol. The maximum atomic E-state index is 12.6. The molecule has 1 saturated heterocycles. The maximum Gasteiger partial charge on any atom is 0.262 e. The Morgan fingerprint density at radius 1 is 1.08 bits per heavy atom. The van der Waals surface area contributed by atoms with Crippen LogP contribution in [0.25, 0.3) is 0 Å². The molecular weight excluding hydrogens is 360 g/mol. The highest BCUT2D eigenvalue weighted by Crippen LogP contribution is 2.26. The molecule has 1 N–H and O–H groups in total. The predicted molar refractivity (Wildman–Crippen MR) is 99.6 cm³/mol. The third kappa shape index (κ3) is 3.96. The lowest BCUT2D eigenvalue weighted by Gasteiger charge is -2.26. The molecule has 0 spiro atoms. The van der Waals surface area contributed by atoms with Crippen LogP contribution in [0.4, 0.5) is 11.4 Å². The maximum absolute atomic E-state index is 12.6. The first kappa shape index (κ1) is 17.8. The quantitative estimate of drug-likeness (QED) is 0.875. The Bertz CT molecular complexity index is 895. The molecule has 0 aromatic heterocycles. The first-order valence-electron chi connectivity index (χ1n) is 8.06. The van der Waals surface area contributed by atoms with E-state index in [2.05, 4.69) is 4.72 Å². The summed E-state index contributed by atoms with van der Waals surface area (Å²) < 4.78 is 27.7. The number of carbonyl (C=O) groups is 1. The van der Waals surface area contributed by atoms with Crippen LogP contribution in [-0.2, 0) is 14.8 Å². The van der Waals surface area contributed by atoms with E-state index in [4.69, 9.17) is 11.6 Å². The highest BCUT2D eigenvalue weighted by atomic mass is 35.5. The molecule has 2 aromatic carbocycles. The SMILES string of the molecule is Cc1ccc(Cl)cc1S(=O)(=O)Nc1ccc(N2CCCCC2=O)cc1. The number of sulfonamides is 1. The summed E-state index contributed by atoms with van der Waals surface area (Å²) in [5.74, 6) is 0.106. The predicted octanol–water partition coefficient (Wildman–Crippen LogP) is 3.97. The second kappa shape index (κ2) is 7.06. The largest absolute Gasteiger partial charge is 0.312 e. The number of benzene rings is 2. The molecule has 1 aliphatic rings. The highest BCUT2D eigenvalue weighted by molar-refractivity contribution is 7.92. The van der Waals surface area contributed by atoms with E-state index in [1.165, 1.54) is 6.07 Å². The summed E-state index contributed by atoms with van der Waals surface area (Å²) in [7, 11) is -3.73. The molecular formula is C18H19ClN2O3S. The van der Waals surface area contributed by atoms with Gasteiger partial charge in [0, 0.05) is 29.4 Å². The minimum atomic E-state index is -3.73. The number of anilines is 2. The van der Waals surface area contributed by atoms with Crippen molar-refractivity contribution < 1.29 is 13.2 Å². The van der Waals surface area contributed by atoms with E-state index in [0.717, 1.165) is 18.5 Å². The highest BCUT2D eigenvalue weighted by Gasteiger charge is 2.20. The molecule has 0 radical (unpaired) electrons. The molecule has 1 fully saturated rings. The van der Waals surface area contributed by atoms with Crippen LogP contribution in [0.1, 0.15) is 24.8 Å². The summed E-state index contributed by atoms with van der Waals surface area (Å²) in [6, 6.07) is 11.6. The van der Waals surface area contributed by atoms with Crippen molar-refractivity contribution in [3.05, 3.63) is 53.1 Å². The van der Waals surface area contributed by atoms with E-state index in [-0.39, 0.29) is 10.8 Å². The summed E-state index contributed by atoms with van der Waals surface area (Å²) in [4.78, 5) is 13.9. The van der Waals surface area contributed by atoms with Crippen molar-refractivity contribution in [1.29, 1.82) is 0 Å². The number of nitrogens with one attached hydrogen (secondary N) is 1. The van der Waals surface area contributed by atoms with Crippen molar-refractivity contribution in [1.82, 2.24) is 0 Å². The third-order valence-electron chi connectivity index (χ3n) is 4.19. The second-order valence-corrected chi connectivity index (χ2v) is 8.15. The number of carbonyl (C=O) groups excluding carboxylic acids is 1. The zero-order valence-corrected chi connectivity index (χ0v) is 15.4. The van der Waals surface area contributed by atoms with Gasteiger partial charge in [0.05, 0.1) is 4.90 Å². The first-order valence-corrected chi connectivity index (χ1v) is 9.92. The van der Waals surface area contributed by atoms with E-state index in [9.17, 15) is 13.2 Å². The van der Waals surface area contributed by atoms with Crippen LogP contribution >= 0.6 is 11.6 Å². The number of rotatable bonds is 4. The molecule has 0 bridgehead atoms. The molecule has 132 valence electrons. The zero-order chi connectivity index (χ0) is 18.0. The summed E-state index contributed by atoms with van der Waals surface area (Å²) in [6.07, 6.45) is 2.46. The Balaban J connectivity index is 1.81. The monoisotopic (exact) mass is 378 g/mol. The Kier molecular flexibility index (Phi) is 5.01. The van der Waals surface area contributed by atoms with Crippen molar-refractivity contribution in [3.63, 3.8) is 0 Å². The number of nitrogens with zero attached hydrogens (tertiary/aromatic N) is 1. The van der Waals surface area contributed by atoms with Crippen LogP contribution in [-0.4, -0.2) is 20.9 Å². The van der Waals surface area contributed by atoms with E-state index >= 15 is 0 Å². The van der Waals surface area contributed by atoms with Crippen LogP contribution in [0.15, 0.2) is 47.4 Å². The van der Waals surface area contributed by atoms with Gasteiger partial charge < -0.3 is 4.90 Å². The van der Waals surface area contributed by atoms with Gasteiger partial charge in [-0.2, -0.15) is 0 Å². The van der Waals surface area contributed by atoms with Crippen LogP contribution in [0.3, 0.4) is 0 Å². The lowest BCUT2D eigenvalue weighted by atomic mass is 10.1. The van der Waals surface area contributed by atoms with Gasteiger partial charge in [-0.25, -0.2) is 8.42 Å². The summed E-state index contributed by atoms with van der Waals surface area (Å²) in [5.41, 5.74) is 1.84. The molecule has 7 heteroatoms. The minimum Gasteiger partial charge on any atom is -0.312 e. The van der Waals surface area contributed by atoms with Gasteiger partial charge in [-0.15, -0.1) is 0 Å². The van der Waals surface area contributed by atoms with Crippen molar-refractivity contribution in [2.24, 2.45) is 0 Å². The molecule has 1 amide bonds. The van der Waals surface area contributed by atoms with Crippen LogP contribution in [0.5, 0.6) is 0 Å². The topological polar surface area (TPSA) is 66.5 Å². The lowest BCUT2D eigenvalue weighted by Crippen LogP contribution is -2.35. The third-order valence-corrected chi connectivity index (χ3v) is 5.95. The number of aryl methyl sites for hydroxylation is 1. The van der Waals surface area contributed by atoms with Crippen LogP contribution < -0.4 is 9.62 Å². The molecule has 0 atom stereocenters. The van der Waals surface area contributed by atoms with Gasteiger partial charge >= 0.3 is 0 Å². The van der Waals surface area contributed by atoms with Gasteiger partial charge in [0.25, 0.3) is 10.0 Å².